The normalized spacial score (nSPS) is 23.4. The second-order valence-corrected chi connectivity index (χ2v) is 7.93. The van der Waals surface area contributed by atoms with Crippen molar-refractivity contribution in [2.75, 3.05) is 57.3 Å². The lowest BCUT2D eigenvalue weighted by Gasteiger charge is -2.40. The summed E-state index contributed by atoms with van der Waals surface area (Å²) in [5, 5.41) is 4.15. The minimum Gasteiger partial charge on any atom is -0.374 e. The van der Waals surface area contributed by atoms with E-state index in [1.165, 1.54) is 4.68 Å². The standard InChI is InChI=1S/C17H28BrN5O2/c1-13(2)23-8-9-25-14(12-23)11-21-4-6-22(7-5-21)15-10-19-20(3)17(24)16(15)18/h10,13-14H,4-9,11-12H2,1-3H3. The van der Waals surface area contributed by atoms with Gasteiger partial charge in [-0.05, 0) is 29.8 Å². The van der Waals surface area contributed by atoms with E-state index in [1.54, 1.807) is 13.2 Å². The van der Waals surface area contributed by atoms with Crippen LogP contribution in [0.1, 0.15) is 13.8 Å². The highest BCUT2D eigenvalue weighted by molar-refractivity contribution is 9.10. The zero-order valence-corrected chi connectivity index (χ0v) is 16.9. The van der Waals surface area contributed by atoms with Crippen molar-refractivity contribution in [1.82, 2.24) is 19.6 Å². The molecule has 0 saturated carbocycles. The molecule has 1 aromatic heterocycles. The Morgan fingerprint density at radius 1 is 1.28 bits per heavy atom. The molecule has 0 bridgehead atoms. The number of anilines is 1. The maximum Gasteiger partial charge on any atom is 0.282 e. The number of rotatable bonds is 4. The Kier molecular flexibility index (Phi) is 6.14. The van der Waals surface area contributed by atoms with Gasteiger partial charge in [0, 0.05) is 58.9 Å². The van der Waals surface area contributed by atoms with Crippen LogP contribution in [0.2, 0.25) is 0 Å². The van der Waals surface area contributed by atoms with E-state index in [1.807, 2.05) is 0 Å². The Hall–Kier alpha value is -0.960. The van der Waals surface area contributed by atoms with Crippen LogP contribution in [0.25, 0.3) is 0 Å². The van der Waals surface area contributed by atoms with Gasteiger partial charge in [-0.2, -0.15) is 5.10 Å². The summed E-state index contributed by atoms with van der Waals surface area (Å²) >= 11 is 3.43. The zero-order chi connectivity index (χ0) is 18.0. The van der Waals surface area contributed by atoms with E-state index in [0.717, 1.165) is 58.1 Å². The van der Waals surface area contributed by atoms with Gasteiger partial charge in [0.2, 0.25) is 0 Å². The number of hydrogen-bond donors (Lipinski definition) is 0. The van der Waals surface area contributed by atoms with Crippen LogP contribution in [0.4, 0.5) is 5.69 Å². The largest absolute Gasteiger partial charge is 0.374 e. The summed E-state index contributed by atoms with van der Waals surface area (Å²) in [4.78, 5) is 19.2. The molecule has 2 aliphatic heterocycles. The Balaban J connectivity index is 1.54. The molecule has 25 heavy (non-hydrogen) atoms. The number of nitrogens with zero attached hydrogens (tertiary/aromatic N) is 5. The lowest BCUT2D eigenvalue weighted by atomic mass is 10.2. The molecule has 8 heteroatoms. The number of halogens is 1. The molecule has 0 aliphatic carbocycles. The van der Waals surface area contributed by atoms with Gasteiger partial charge in [-0.1, -0.05) is 0 Å². The molecular formula is C17H28BrN5O2. The fourth-order valence-corrected chi connectivity index (χ4v) is 4.11. The van der Waals surface area contributed by atoms with Gasteiger partial charge in [0.25, 0.3) is 5.56 Å². The lowest BCUT2D eigenvalue weighted by Crippen LogP contribution is -2.53. The van der Waals surface area contributed by atoms with Gasteiger partial charge in [-0.15, -0.1) is 0 Å². The van der Waals surface area contributed by atoms with Crippen molar-refractivity contribution in [2.45, 2.75) is 26.0 Å². The van der Waals surface area contributed by atoms with E-state index in [-0.39, 0.29) is 5.56 Å². The molecule has 0 aromatic carbocycles. The highest BCUT2D eigenvalue weighted by Crippen LogP contribution is 2.23. The molecule has 7 nitrogen and oxygen atoms in total. The van der Waals surface area contributed by atoms with Gasteiger partial charge in [-0.25, -0.2) is 4.68 Å². The molecule has 1 atom stereocenters. The molecule has 0 radical (unpaired) electrons. The van der Waals surface area contributed by atoms with E-state index < -0.39 is 0 Å². The number of piperazine rings is 1. The average molecular weight is 414 g/mol. The van der Waals surface area contributed by atoms with Crippen molar-refractivity contribution in [2.24, 2.45) is 7.05 Å². The van der Waals surface area contributed by atoms with Gasteiger partial charge < -0.3 is 9.64 Å². The maximum absolute atomic E-state index is 12.0. The van der Waals surface area contributed by atoms with Gasteiger partial charge in [0.05, 0.1) is 24.6 Å². The molecule has 1 aromatic rings. The summed E-state index contributed by atoms with van der Waals surface area (Å²) in [7, 11) is 1.67. The van der Waals surface area contributed by atoms with Crippen LogP contribution in [0.5, 0.6) is 0 Å². The maximum atomic E-state index is 12.0. The molecule has 0 N–H and O–H groups in total. The molecule has 140 valence electrons. The monoisotopic (exact) mass is 413 g/mol. The van der Waals surface area contributed by atoms with Gasteiger partial charge in [-0.3, -0.25) is 14.6 Å². The molecular weight excluding hydrogens is 386 g/mol. The SMILES string of the molecule is CC(C)N1CCOC(CN2CCN(c3cnn(C)c(=O)c3Br)CC2)C1. The van der Waals surface area contributed by atoms with Crippen molar-refractivity contribution in [3.63, 3.8) is 0 Å². The first-order valence-corrected chi connectivity index (χ1v) is 9.79. The summed E-state index contributed by atoms with van der Waals surface area (Å²) < 4.78 is 7.91. The van der Waals surface area contributed by atoms with Gasteiger partial charge >= 0.3 is 0 Å². The Labute approximate surface area is 157 Å². The molecule has 3 heterocycles. The van der Waals surface area contributed by atoms with Crippen LogP contribution in [0, 0.1) is 0 Å². The van der Waals surface area contributed by atoms with E-state index in [0.29, 0.717) is 16.6 Å². The van der Waals surface area contributed by atoms with Crippen LogP contribution in [0.15, 0.2) is 15.5 Å². The number of aryl methyl sites for hydroxylation is 1. The molecule has 0 spiro atoms. The van der Waals surface area contributed by atoms with Crippen LogP contribution in [-0.2, 0) is 11.8 Å². The molecule has 2 aliphatic rings. The van der Waals surface area contributed by atoms with Gasteiger partial charge in [0.1, 0.15) is 4.47 Å². The predicted octanol–water partition coefficient (Wildman–Crippen LogP) is 0.774. The van der Waals surface area contributed by atoms with E-state index in [2.05, 4.69) is 49.6 Å². The van der Waals surface area contributed by atoms with Crippen LogP contribution >= 0.6 is 15.9 Å². The lowest BCUT2D eigenvalue weighted by molar-refractivity contribution is -0.0525. The van der Waals surface area contributed by atoms with Crippen molar-refractivity contribution in [1.29, 1.82) is 0 Å². The predicted molar refractivity (Wildman–Crippen MR) is 102 cm³/mol. The average Bonchev–Trinajstić information content (AvgIpc) is 2.61. The van der Waals surface area contributed by atoms with Crippen molar-refractivity contribution >= 4 is 21.6 Å². The first-order valence-electron chi connectivity index (χ1n) is 9.00. The highest BCUT2D eigenvalue weighted by Gasteiger charge is 2.26. The van der Waals surface area contributed by atoms with Crippen molar-refractivity contribution < 1.29 is 4.74 Å². The summed E-state index contributed by atoms with van der Waals surface area (Å²) in [6.07, 6.45) is 2.06. The highest BCUT2D eigenvalue weighted by atomic mass is 79.9. The summed E-state index contributed by atoms with van der Waals surface area (Å²) in [6, 6.07) is 0.578. The van der Waals surface area contributed by atoms with Gasteiger partial charge in [0.15, 0.2) is 0 Å². The number of morpholine rings is 1. The first-order chi connectivity index (χ1) is 12.0. The molecule has 0 amide bonds. The summed E-state index contributed by atoms with van der Waals surface area (Å²) in [5.74, 6) is 0. The quantitative estimate of drug-likeness (QED) is 0.726. The van der Waals surface area contributed by atoms with E-state index >= 15 is 0 Å². The second kappa shape index (κ2) is 8.16. The minimum atomic E-state index is -0.0932. The van der Waals surface area contributed by atoms with Crippen molar-refractivity contribution in [3.8, 4) is 0 Å². The third kappa shape index (κ3) is 4.42. The van der Waals surface area contributed by atoms with E-state index in [9.17, 15) is 4.79 Å². The Bertz CT molecular complexity index is 642. The summed E-state index contributed by atoms with van der Waals surface area (Å²) in [6.45, 7) is 12.1. The molecule has 2 fully saturated rings. The molecule has 1 unspecified atom stereocenters. The van der Waals surface area contributed by atoms with Crippen LogP contribution < -0.4 is 10.5 Å². The topological polar surface area (TPSA) is 53.8 Å². The fraction of sp³-hybridized carbons (Fsp3) is 0.765. The van der Waals surface area contributed by atoms with Crippen molar-refractivity contribution in [3.05, 3.63) is 21.0 Å². The summed E-state index contributed by atoms with van der Waals surface area (Å²) in [5.41, 5.74) is 0.798. The van der Waals surface area contributed by atoms with E-state index in [4.69, 9.17) is 4.74 Å². The molecule has 2 saturated heterocycles. The Morgan fingerprint density at radius 3 is 2.68 bits per heavy atom. The Morgan fingerprint density at radius 2 is 2.00 bits per heavy atom. The second-order valence-electron chi connectivity index (χ2n) is 7.14. The zero-order valence-electron chi connectivity index (χ0n) is 15.3. The van der Waals surface area contributed by atoms with Crippen LogP contribution in [-0.4, -0.2) is 84.1 Å². The smallest absolute Gasteiger partial charge is 0.282 e. The van der Waals surface area contributed by atoms with Crippen LogP contribution in [0.3, 0.4) is 0 Å². The minimum absolute atomic E-state index is 0.0932. The molecule has 3 rings (SSSR count). The number of aromatic nitrogens is 2. The fourth-order valence-electron chi connectivity index (χ4n) is 3.50. The number of ether oxygens (including phenoxy) is 1. The first kappa shape index (κ1) is 18.8. The number of hydrogen-bond acceptors (Lipinski definition) is 6. The third-order valence-electron chi connectivity index (χ3n) is 5.14. The third-order valence-corrected chi connectivity index (χ3v) is 5.88.